The van der Waals surface area contributed by atoms with Gasteiger partial charge < -0.3 is 9.52 Å². The Kier molecular flexibility index (Phi) is 7.24. The lowest BCUT2D eigenvalue weighted by molar-refractivity contribution is 0.477. The molecule has 5 heteroatoms. The third-order valence-electron chi connectivity index (χ3n) is 10.8. The lowest BCUT2D eigenvalue weighted by Crippen LogP contribution is -2.19. The molecule has 0 atom stereocenters. The second-order valence-electron chi connectivity index (χ2n) is 14.4. The zero-order chi connectivity index (χ0) is 36.4. The van der Waals surface area contributed by atoms with Crippen molar-refractivity contribution in [3.8, 4) is 45.2 Å². The van der Waals surface area contributed by atoms with E-state index >= 15 is 0 Å². The lowest BCUT2D eigenvalue weighted by Gasteiger charge is -2.27. The van der Waals surface area contributed by atoms with Crippen molar-refractivity contribution in [3.63, 3.8) is 0 Å². The van der Waals surface area contributed by atoms with Gasteiger partial charge in [0.05, 0.1) is 22.3 Å². The summed E-state index contributed by atoms with van der Waals surface area (Å²) >= 11 is 0. The number of aromatic nitrogens is 3. The monoisotopic (exact) mass is 697 g/mol. The summed E-state index contributed by atoms with van der Waals surface area (Å²) < 4.78 is 8.63. The Hall–Kier alpha value is -6.98. The average molecular weight is 698 g/mol. The van der Waals surface area contributed by atoms with Crippen molar-refractivity contribution in [2.45, 2.75) is 19.3 Å². The van der Waals surface area contributed by atoms with Gasteiger partial charge in [0, 0.05) is 45.3 Å². The molecule has 0 aliphatic rings. The first-order valence-electron chi connectivity index (χ1n) is 18.2. The SMILES string of the molecule is CC(C)(c1ccccc1)c1cc(-c2cc3oc4ccc5ccccc5c4c3cn2)cc(-c2cccc3c2nc(-c2ccccc2O)n3-c2ccccc2)c1. The summed E-state index contributed by atoms with van der Waals surface area (Å²) in [5.41, 5.74) is 10.9. The molecule has 10 rings (SSSR count). The molecule has 1 N–H and O–H groups in total. The molecule has 5 nitrogen and oxygen atoms in total. The van der Waals surface area contributed by atoms with Crippen LogP contribution in [0, 0.1) is 0 Å². The number of hydrogen-bond donors (Lipinski definition) is 1. The number of aromatic hydroxyl groups is 1. The van der Waals surface area contributed by atoms with Crippen molar-refractivity contribution < 1.29 is 9.52 Å². The number of imidazole rings is 1. The van der Waals surface area contributed by atoms with Crippen LogP contribution in [0.4, 0.5) is 0 Å². The van der Waals surface area contributed by atoms with Gasteiger partial charge in [-0.05, 0) is 76.0 Å². The summed E-state index contributed by atoms with van der Waals surface area (Å²) in [6.07, 6.45) is 1.96. The normalized spacial score (nSPS) is 12.0. The Balaban J connectivity index is 1.22. The van der Waals surface area contributed by atoms with E-state index in [0.29, 0.717) is 11.4 Å². The molecule has 0 spiro atoms. The number of phenols is 1. The molecule has 0 saturated carbocycles. The van der Waals surface area contributed by atoms with Crippen molar-refractivity contribution in [1.29, 1.82) is 0 Å². The summed E-state index contributed by atoms with van der Waals surface area (Å²) in [7, 11) is 0. The standard InChI is InChI=1S/C49H35N3O2/c1-49(2,34-15-5-3-6-16-34)35-27-32(26-33(28-35)41-29-45-40(30-50-41)46-37-19-10-9-14-31(37)24-25-44(46)54-45)38-21-13-22-42-47(38)51-48(39-20-11-12-23-43(39)53)52(42)36-17-7-4-8-18-36/h3-30,53H,1-2H3. The van der Waals surface area contributed by atoms with E-state index in [-0.39, 0.29) is 11.2 Å². The summed E-state index contributed by atoms with van der Waals surface area (Å²) in [5.74, 6) is 0.854. The molecular formula is C49H35N3O2. The van der Waals surface area contributed by atoms with Gasteiger partial charge in [-0.3, -0.25) is 9.55 Å². The minimum atomic E-state index is -0.327. The number of para-hydroxylation sites is 3. The first kappa shape index (κ1) is 31.7. The van der Waals surface area contributed by atoms with Crippen molar-refractivity contribution >= 4 is 43.7 Å². The first-order chi connectivity index (χ1) is 26.4. The molecule has 3 heterocycles. The topological polar surface area (TPSA) is 64.1 Å². The molecule has 0 unspecified atom stereocenters. The molecule has 7 aromatic carbocycles. The van der Waals surface area contributed by atoms with Crippen LogP contribution in [-0.2, 0) is 5.41 Å². The van der Waals surface area contributed by atoms with Gasteiger partial charge in [0.25, 0.3) is 0 Å². The molecule has 0 radical (unpaired) electrons. The largest absolute Gasteiger partial charge is 0.507 e. The fourth-order valence-electron chi connectivity index (χ4n) is 7.93. The molecule has 0 aliphatic carbocycles. The highest BCUT2D eigenvalue weighted by atomic mass is 16.3. The number of phenolic OH excluding ortho intramolecular Hbond substituents is 1. The van der Waals surface area contributed by atoms with E-state index in [9.17, 15) is 5.11 Å². The van der Waals surface area contributed by atoms with Gasteiger partial charge in [-0.15, -0.1) is 0 Å². The molecule has 0 aliphatic heterocycles. The summed E-state index contributed by atoms with van der Waals surface area (Å²) in [6, 6.07) is 56.0. The maximum Gasteiger partial charge on any atom is 0.149 e. The number of furan rings is 1. The van der Waals surface area contributed by atoms with Crippen LogP contribution >= 0.6 is 0 Å². The molecule has 0 fully saturated rings. The molecule has 0 bridgehead atoms. The third kappa shape index (κ3) is 5.08. The predicted molar refractivity (Wildman–Crippen MR) is 220 cm³/mol. The number of pyridine rings is 1. The Morgan fingerprint density at radius 1 is 0.593 bits per heavy atom. The first-order valence-corrected chi connectivity index (χ1v) is 18.2. The van der Waals surface area contributed by atoms with Crippen molar-refractivity contribution in [1.82, 2.24) is 14.5 Å². The summed E-state index contributed by atoms with van der Waals surface area (Å²) in [4.78, 5) is 10.4. The maximum absolute atomic E-state index is 11.0. The molecular weight excluding hydrogens is 663 g/mol. The van der Waals surface area contributed by atoms with Crippen LogP contribution in [0.25, 0.3) is 83.2 Å². The van der Waals surface area contributed by atoms with Crippen LogP contribution in [0.3, 0.4) is 0 Å². The van der Waals surface area contributed by atoms with Gasteiger partial charge in [-0.1, -0.05) is 123 Å². The average Bonchev–Trinajstić information content (AvgIpc) is 3.80. The van der Waals surface area contributed by atoms with E-state index in [1.54, 1.807) is 6.07 Å². The van der Waals surface area contributed by atoms with Crippen LogP contribution in [-0.4, -0.2) is 19.6 Å². The van der Waals surface area contributed by atoms with Crippen LogP contribution in [0.15, 0.2) is 174 Å². The van der Waals surface area contributed by atoms with Gasteiger partial charge in [-0.25, -0.2) is 4.98 Å². The Bertz CT molecular complexity index is 3030. The third-order valence-corrected chi connectivity index (χ3v) is 10.8. The Morgan fingerprint density at radius 3 is 2.15 bits per heavy atom. The minimum Gasteiger partial charge on any atom is -0.507 e. The quantitative estimate of drug-likeness (QED) is 0.188. The second-order valence-corrected chi connectivity index (χ2v) is 14.4. The van der Waals surface area contributed by atoms with E-state index in [4.69, 9.17) is 14.4 Å². The van der Waals surface area contributed by atoms with Gasteiger partial charge in [0.1, 0.15) is 22.7 Å². The lowest BCUT2D eigenvalue weighted by atomic mass is 9.76. The highest BCUT2D eigenvalue weighted by Crippen LogP contribution is 2.42. The zero-order valence-corrected chi connectivity index (χ0v) is 29.9. The van der Waals surface area contributed by atoms with Crippen molar-refractivity contribution in [2.75, 3.05) is 0 Å². The number of rotatable bonds is 6. The molecule has 3 aromatic heterocycles. The molecule has 0 amide bonds. The van der Waals surface area contributed by atoms with Crippen LogP contribution in [0.5, 0.6) is 5.75 Å². The van der Waals surface area contributed by atoms with E-state index in [1.165, 1.54) is 10.9 Å². The summed E-state index contributed by atoms with van der Waals surface area (Å²) in [6.45, 7) is 4.54. The van der Waals surface area contributed by atoms with E-state index in [1.807, 2.05) is 42.6 Å². The number of hydrogen-bond acceptors (Lipinski definition) is 4. The minimum absolute atomic E-state index is 0.181. The molecule has 54 heavy (non-hydrogen) atoms. The molecule has 258 valence electrons. The highest BCUT2D eigenvalue weighted by molar-refractivity contribution is 6.18. The highest BCUT2D eigenvalue weighted by Gasteiger charge is 2.26. The second kappa shape index (κ2) is 12.3. The fourth-order valence-corrected chi connectivity index (χ4v) is 7.93. The van der Waals surface area contributed by atoms with E-state index < -0.39 is 0 Å². The summed E-state index contributed by atoms with van der Waals surface area (Å²) in [5, 5.41) is 15.5. The van der Waals surface area contributed by atoms with Crippen molar-refractivity contribution in [3.05, 3.63) is 181 Å². The Morgan fingerprint density at radius 2 is 1.31 bits per heavy atom. The molecule has 10 aromatic rings. The van der Waals surface area contributed by atoms with Crippen LogP contribution in [0.2, 0.25) is 0 Å². The van der Waals surface area contributed by atoms with Gasteiger partial charge in [0.2, 0.25) is 0 Å². The Labute approximate surface area is 312 Å². The molecule has 0 saturated heterocycles. The van der Waals surface area contributed by atoms with Gasteiger partial charge in [-0.2, -0.15) is 0 Å². The smallest absolute Gasteiger partial charge is 0.149 e. The predicted octanol–water partition coefficient (Wildman–Crippen LogP) is 12.5. The number of nitrogens with zero attached hydrogens (tertiary/aromatic N) is 3. The zero-order valence-electron chi connectivity index (χ0n) is 29.9. The maximum atomic E-state index is 11.0. The number of fused-ring (bicyclic) bond motifs is 6. The number of benzene rings is 7. The van der Waals surface area contributed by atoms with E-state index in [0.717, 1.165) is 72.0 Å². The van der Waals surface area contributed by atoms with Crippen molar-refractivity contribution in [2.24, 2.45) is 0 Å². The van der Waals surface area contributed by atoms with E-state index in [2.05, 4.69) is 140 Å². The van der Waals surface area contributed by atoms with Gasteiger partial charge >= 0.3 is 0 Å². The van der Waals surface area contributed by atoms with Crippen LogP contribution in [0.1, 0.15) is 25.0 Å². The van der Waals surface area contributed by atoms with Crippen LogP contribution < -0.4 is 0 Å². The fraction of sp³-hybridized carbons (Fsp3) is 0.0612. The van der Waals surface area contributed by atoms with Gasteiger partial charge in [0.15, 0.2) is 0 Å².